The number of hydrogen-bond donors (Lipinski definition) is 0. The molecule has 1 aromatic rings. The van der Waals surface area contributed by atoms with Gasteiger partial charge in [-0.05, 0) is 67.6 Å². The molecule has 0 amide bonds. The first kappa shape index (κ1) is 19.5. The quantitative estimate of drug-likeness (QED) is 0.410. The molecule has 3 rings (SSSR count). The van der Waals surface area contributed by atoms with Crippen LogP contribution >= 0.6 is 0 Å². The van der Waals surface area contributed by atoms with Crippen LogP contribution in [0.5, 0.6) is 5.75 Å². The van der Waals surface area contributed by atoms with E-state index in [1.807, 2.05) is 12.1 Å². The molecule has 0 aliphatic heterocycles. The van der Waals surface area contributed by atoms with Crippen molar-refractivity contribution in [1.29, 1.82) is 0 Å². The normalized spacial score (nSPS) is 20.9. The van der Waals surface area contributed by atoms with Crippen molar-refractivity contribution in [3.63, 3.8) is 0 Å². The van der Waals surface area contributed by atoms with Gasteiger partial charge in [-0.25, -0.2) is 0 Å². The molecule has 2 heteroatoms. The summed E-state index contributed by atoms with van der Waals surface area (Å²) in [5.41, 5.74) is 1.27. The van der Waals surface area contributed by atoms with Crippen LogP contribution in [-0.4, -0.2) is 5.97 Å². The highest BCUT2D eigenvalue weighted by molar-refractivity contribution is 5.76. The van der Waals surface area contributed by atoms with E-state index in [0.717, 1.165) is 12.2 Å². The zero-order valence-electron chi connectivity index (χ0n) is 16.7. The minimum absolute atomic E-state index is 0.0464. The summed E-state index contributed by atoms with van der Waals surface area (Å²) in [6.07, 6.45) is 13.7. The molecular weight excluding hydrogens is 320 g/mol. The lowest BCUT2D eigenvalue weighted by molar-refractivity contribution is -0.144. The van der Waals surface area contributed by atoms with Crippen LogP contribution in [-0.2, 0) is 4.79 Å². The molecule has 2 saturated carbocycles. The molecule has 0 N–H and O–H groups in total. The summed E-state index contributed by atoms with van der Waals surface area (Å²) in [7, 11) is 0. The molecule has 2 fully saturated rings. The lowest BCUT2D eigenvalue weighted by Crippen LogP contribution is -2.36. The molecule has 1 atom stereocenters. The molecule has 26 heavy (non-hydrogen) atoms. The van der Waals surface area contributed by atoms with E-state index < -0.39 is 0 Å². The first-order valence-corrected chi connectivity index (χ1v) is 11.0. The second-order valence-electron chi connectivity index (χ2n) is 8.62. The summed E-state index contributed by atoms with van der Waals surface area (Å²) >= 11 is 0. The molecule has 2 nitrogen and oxygen atoms in total. The Balaban J connectivity index is 1.74. The van der Waals surface area contributed by atoms with Gasteiger partial charge in [0.1, 0.15) is 5.75 Å². The van der Waals surface area contributed by atoms with Crippen LogP contribution in [0.4, 0.5) is 0 Å². The second-order valence-corrected chi connectivity index (χ2v) is 8.62. The van der Waals surface area contributed by atoms with Crippen LogP contribution in [0.15, 0.2) is 24.3 Å². The minimum atomic E-state index is 0.0464. The van der Waals surface area contributed by atoms with E-state index in [2.05, 4.69) is 26.0 Å². The molecule has 0 heterocycles. The first-order chi connectivity index (χ1) is 12.7. The van der Waals surface area contributed by atoms with Gasteiger partial charge in [0.05, 0.1) is 5.92 Å². The summed E-state index contributed by atoms with van der Waals surface area (Å²) in [4.78, 5) is 13.2. The highest BCUT2D eigenvalue weighted by Gasteiger charge is 2.37. The van der Waals surface area contributed by atoms with Crippen LogP contribution in [0.2, 0.25) is 0 Å². The number of benzene rings is 1. The fraction of sp³-hybridized carbons (Fsp3) is 0.708. The van der Waals surface area contributed by atoms with Crippen molar-refractivity contribution in [3.05, 3.63) is 29.8 Å². The Bertz CT molecular complexity index is 549. The van der Waals surface area contributed by atoms with Crippen LogP contribution in [0.3, 0.4) is 0 Å². The maximum atomic E-state index is 13.2. The number of carbonyl (C=O) groups excluding carboxylic acids is 1. The Kier molecular flexibility index (Phi) is 7.16. The molecule has 1 aromatic carbocycles. The lowest BCUT2D eigenvalue weighted by atomic mass is 9.69. The largest absolute Gasteiger partial charge is 0.426 e. The van der Waals surface area contributed by atoms with Gasteiger partial charge in [-0.3, -0.25) is 4.79 Å². The van der Waals surface area contributed by atoms with E-state index in [-0.39, 0.29) is 11.9 Å². The highest BCUT2D eigenvalue weighted by atomic mass is 16.5. The Hall–Kier alpha value is -1.31. The van der Waals surface area contributed by atoms with Crippen molar-refractivity contribution >= 4 is 5.97 Å². The Morgan fingerprint density at radius 2 is 1.58 bits per heavy atom. The average Bonchev–Trinajstić information content (AvgIpc) is 2.69. The fourth-order valence-corrected chi connectivity index (χ4v) is 5.06. The topological polar surface area (TPSA) is 26.3 Å². The van der Waals surface area contributed by atoms with Gasteiger partial charge in [0.25, 0.3) is 0 Å². The van der Waals surface area contributed by atoms with Gasteiger partial charge in [-0.1, -0.05) is 64.5 Å². The monoisotopic (exact) mass is 356 g/mol. The number of esters is 1. The van der Waals surface area contributed by atoms with Crippen LogP contribution in [0.1, 0.15) is 96.0 Å². The van der Waals surface area contributed by atoms with Crippen molar-refractivity contribution in [3.8, 4) is 5.75 Å². The second kappa shape index (κ2) is 9.58. The third-order valence-corrected chi connectivity index (χ3v) is 6.85. The molecule has 144 valence electrons. The van der Waals surface area contributed by atoms with E-state index in [4.69, 9.17) is 4.74 Å². The van der Waals surface area contributed by atoms with Crippen molar-refractivity contribution in [2.75, 3.05) is 0 Å². The Morgan fingerprint density at radius 3 is 2.12 bits per heavy atom. The van der Waals surface area contributed by atoms with Crippen molar-refractivity contribution in [1.82, 2.24) is 0 Å². The SMILES string of the molecule is CCC(C)c1cccc(OC(=O)C(C2CCCCC2)C2CCCCC2)c1. The molecule has 2 aliphatic carbocycles. The van der Waals surface area contributed by atoms with Gasteiger partial charge < -0.3 is 4.74 Å². The Labute approximate surface area is 159 Å². The minimum Gasteiger partial charge on any atom is -0.426 e. The van der Waals surface area contributed by atoms with E-state index in [9.17, 15) is 4.79 Å². The maximum Gasteiger partial charge on any atom is 0.314 e. The molecule has 0 radical (unpaired) electrons. The molecule has 0 bridgehead atoms. The van der Waals surface area contributed by atoms with Crippen LogP contribution in [0.25, 0.3) is 0 Å². The molecular formula is C24H36O2. The van der Waals surface area contributed by atoms with Crippen molar-refractivity contribution in [2.24, 2.45) is 17.8 Å². The lowest BCUT2D eigenvalue weighted by Gasteiger charge is -2.36. The van der Waals surface area contributed by atoms with E-state index in [0.29, 0.717) is 17.8 Å². The summed E-state index contributed by atoms with van der Waals surface area (Å²) in [5.74, 6) is 2.48. The third kappa shape index (κ3) is 4.90. The smallest absolute Gasteiger partial charge is 0.314 e. The van der Waals surface area contributed by atoms with Gasteiger partial charge in [0, 0.05) is 0 Å². The maximum absolute atomic E-state index is 13.2. The van der Waals surface area contributed by atoms with Gasteiger partial charge in [-0.2, -0.15) is 0 Å². The van der Waals surface area contributed by atoms with Gasteiger partial charge in [0.2, 0.25) is 0 Å². The third-order valence-electron chi connectivity index (χ3n) is 6.85. The Morgan fingerprint density at radius 1 is 1.00 bits per heavy atom. The van der Waals surface area contributed by atoms with Gasteiger partial charge in [0.15, 0.2) is 0 Å². The highest BCUT2D eigenvalue weighted by Crippen LogP contribution is 2.41. The standard InChI is InChI=1S/C24H36O2/c1-3-18(2)21-15-10-16-22(17-21)26-24(25)23(19-11-6-4-7-12-19)20-13-8-5-9-14-20/h10,15-20,23H,3-9,11-14H2,1-2H3. The van der Waals surface area contributed by atoms with Crippen LogP contribution in [0, 0.1) is 17.8 Å². The number of rotatable bonds is 6. The number of ether oxygens (including phenoxy) is 1. The van der Waals surface area contributed by atoms with E-state index in [1.54, 1.807) is 0 Å². The predicted octanol–water partition coefficient (Wildman–Crippen LogP) is 6.88. The molecule has 0 saturated heterocycles. The summed E-state index contributed by atoms with van der Waals surface area (Å²) in [6.45, 7) is 4.43. The van der Waals surface area contributed by atoms with E-state index >= 15 is 0 Å². The molecule has 1 unspecified atom stereocenters. The fourth-order valence-electron chi connectivity index (χ4n) is 5.06. The molecule has 0 spiro atoms. The zero-order chi connectivity index (χ0) is 18.4. The molecule has 2 aliphatic rings. The van der Waals surface area contributed by atoms with Crippen molar-refractivity contribution < 1.29 is 9.53 Å². The van der Waals surface area contributed by atoms with Crippen LogP contribution < -0.4 is 4.74 Å². The average molecular weight is 357 g/mol. The van der Waals surface area contributed by atoms with E-state index in [1.165, 1.54) is 69.8 Å². The summed E-state index contributed by atoms with van der Waals surface area (Å²) in [5, 5.41) is 0. The first-order valence-electron chi connectivity index (χ1n) is 11.0. The van der Waals surface area contributed by atoms with Gasteiger partial charge in [-0.15, -0.1) is 0 Å². The summed E-state index contributed by atoms with van der Waals surface area (Å²) < 4.78 is 5.98. The van der Waals surface area contributed by atoms with Gasteiger partial charge >= 0.3 is 5.97 Å². The zero-order valence-corrected chi connectivity index (χ0v) is 16.7. The number of hydrogen-bond acceptors (Lipinski definition) is 2. The molecule has 0 aromatic heterocycles. The van der Waals surface area contributed by atoms with Crippen molar-refractivity contribution in [2.45, 2.75) is 90.4 Å². The predicted molar refractivity (Wildman–Crippen MR) is 107 cm³/mol. The summed E-state index contributed by atoms with van der Waals surface area (Å²) in [6, 6.07) is 8.19. The number of carbonyl (C=O) groups is 1.